The lowest BCUT2D eigenvalue weighted by Gasteiger charge is -2.23. The largest absolute Gasteiger partial charge is 0.383 e. The summed E-state index contributed by atoms with van der Waals surface area (Å²) >= 11 is 0. The minimum Gasteiger partial charge on any atom is -0.383 e. The molecular formula is C11H25N3O. The van der Waals surface area contributed by atoms with Gasteiger partial charge in [-0.2, -0.15) is 0 Å². The molecule has 0 saturated carbocycles. The highest BCUT2D eigenvalue weighted by Gasteiger charge is 2.12. The van der Waals surface area contributed by atoms with Crippen LogP contribution < -0.4 is 5.73 Å². The second kappa shape index (κ2) is 7.17. The van der Waals surface area contributed by atoms with E-state index < -0.39 is 0 Å². The Bertz CT molecular complexity index is 160. The van der Waals surface area contributed by atoms with Gasteiger partial charge in [-0.1, -0.05) is 0 Å². The molecule has 90 valence electrons. The highest BCUT2D eigenvalue weighted by atomic mass is 16.5. The molecule has 1 rings (SSSR count). The van der Waals surface area contributed by atoms with Gasteiger partial charge in [0.25, 0.3) is 0 Å². The zero-order valence-electron chi connectivity index (χ0n) is 10.1. The van der Waals surface area contributed by atoms with Crippen LogP contribution in [0.25, 0.3) is 0 Å². The Hall–Kier alpha value is -0.160. The molecule has 1 unspecified atom stereocenters. The average molecular weight is 215 g/mol. The monoisotopic (exact) mass is 215 g/mol. The standard InChI is InChI=1S/C11H25N3O/c1-13(9-11(12)10-15-2)7-8-14-5-3-4-6-14/h11H,3-10,12H2,1-2H3. The first-order valence-electron chi connectivity index (χ1n) is 5.88. The molecule has 0 radical (unpaired) electrons. The third-order valence-electron chi connectivity index (χ3n) is 2.92. The third-order valence-corrected chi connectivity index (χ3v) is 2.92. The molecule has 0 aromatic rings. The van der Waals surface area contributed by atoms with Gasteiger partial charge < -0.3 is 20.3 Å². The Morgan fingerprint density at radius 2 is 2.07 bits per heavy atom. The van der Waals surface area contributed by atoms with Crippen LogP contribution in [0.5, 0.6) is 0 Å². The lowest BCUT2D eigenvalue weighted by atomic mass is 10.3. The summed E-state index contributed by atoms with van der Waals surface area (Å²) in [6.07, 6.45) is 2.74. The number of methoxy groups -OCH3 is 1. The van der Waals surface area contributed by atoms with Crippen LogP contribution in [0.2, 0.25) is 0 Å². The van der Waals surface area contributed by atoms with Gasteiger partial charge in [-0.3, -0.25) is 0 Å². The molecule has 0 spiro atoms. The molecule has 0 aromatic heterocycles. The highest BCUT2D eigenvalue weighted by molar-refractivity contribution is 4.70. The van der Waals surface area contributed by atoms with Crippen LogP contribution >= 0.6 is 0 Å². The molecule has 1 aliphatic rings. The van der Waals surface area contributed by atoms with Crippen molar-refractivity contribution >= 4 is 0 Å². The second-order valence-electron chi connectivity index (χ2n) is 4.53. The average Bonchev–Trinajstić information content (AvgIpc) is 2.67. The molecule has 1 atom stereocenters. The van der Waals surface area contributed by atoms with E-state index in [2.05, 4.69) is 16.8 Å². The fraction of sp³-hybridized carbons (Fsp3) is 1.00. The first-order valence-corrected chi connectivity index (χ1v) is 5.88. The van der Waals surface area contributed by atoms with Crippen molar-refractivity contribution in [3.63, 3.8) is 0 Å². The number of hydrogen-bond donors (Lipinski definition) is 1. The molecule has 1 heterocycles. The molecule has 0 amide bonds. The lowest BCUT2D eigenvalue weighted by molar-refractivity contribution is 0.157. The summed E-state index contributed by atoms with van der Waals surface area (Å²) in [6, 6.07) is 0.138. The van der Waals surface area contributed by atoms with Crippen molar-refractivity contribution < 1.29 is 4.74 Å². The van der Waals surface area contributed by atoms with Crippen molar-refractivity contribution in [1.29, 1.82) is 0 Å². The minimum absolute atomic E-state index is 0.138. The van der Waals surface area contributed by atoms with Crippen molar-refractivity contribution in [2.75, 3.05) is 53.5 Å². The van der Waals surface area contributed by atoms with E-state index in [0.29, 0.717) is 6.61 Å². The molecule has 15 heavy (non-hydrogen) atoms. The second-order valence-corrected chi connectivity index (χ2v) is 4.53. The van der Waals surface area contributed by atoms with Gasteiger partial charge in [0.2, 0.25) is 0 Å². The summed E-state index contributed by atoms with van der Waals surface area (Å²) in [5, 5.41) is 0. The van der Waals surface area contributed by atoms with Crippen molar-refractivity contribution in [1.82, 2.24) is 9.80 Å². The van der Waals surface area contributed by atoms with E-state index in [1.807, 2.05) is 0 Å². The van der Waals surface area contributed by atoms with Crippen molar-refractivity contribution in [2.45, 2.75) is 18.9 Å². The highest BCUT2D eigenvalue weighted by Crippen LogP contribution is 2.06. The Morgan fingerprint density at radius 3 is 2.67 bits per heavy atom. The summed E-state index contributed by atoms with van der Waals surface area (Å²) in [6.45, 7) is 6.40. The van der Waals surface area contributed by atoms with Gasteiger partial charge in [-0.25, -0.2) is 0 Å². The molecule has 2 N–H and O–H groups in total. The third kappa shape index (κ3) is 5.47. The molecule has 0 aromatic carbocycles. The van der Waals surface area contributed by atoms with Crippen LogP contribution in [0.3, 0.4) is 0 Å². The molecule has 0 bridgehead atoms. The minimum atomic E-state index is 0.138. The van der Waals surface area contributed by atoms with Gasteiger partial charge in [0.15, 0.2) is 0 Å². The molecular weight excluding hydrogens is 190 g/mol. The summed E-state index contributed by atoms with van der Waals surface area (Å²) in [7, 11) is 3.83. The van der Waals surface area contributed by atoms with Gasteiger partial charge in [-0.05, 0) is 33.0 Å². The molecule has 0 aliphatic carbocycles. The van der Waals surface area contributed by atoms with Crippen molar-refractivity contribution in [2.24, 2.45) is 5.73 Å². The predicted molar refractivity (Wildman–Crippen MR) is 63.0 cm³/mol. The topological polar surface area (TPSA) is 41.7 Å². The summed E-state index contributed by atoms with van der Waals surface area (Å²) in [5.74, 6) is 0. The first kappa shape index (κ1) is 12.9. The smallest absolute Gasteiger partial charge is 0.0626 e. The van der Waals surface area contributed by atoms with E-state index in [1.54, 1.807) is 7.11 Å². The summed E-state index contributed by atoms with van der Waals surface area (Å²) < 4.78 is 5.02. The maximum Gasteiger partial charge on any atom is 0.0626 e. The van der Waals surface area contributed by atoms with E-state index in [4.69, 9.17) is 10.5 Å². The van der Waals surface area contributed by atoms with Crippen LogP contribution in [-0.4, -0.2) is 69.3 Å². The van der Waals surface area contributed by atoms with Crippen LogP contribution in [0.15, 0.2) is 0 Å². The number of rotatable bonds is 7. The van der Waals surface area contributed by atoms with E-state index in [9.17, 15) is 0 Å². The maximum atomic E-state index is 5.89. The Morgan fingerprint density at radius 1 is 1.40 bits per heavy atom. The summed E-state index contributed by atoms with van der Waals surface area (Å²) in [5.41, 5.74) is 5.89. The van der Waals surface area contributed by atoms with Gasteiger partial charge in [-0.15, -0.1) is 0 Å². The number of nitrogens with zero attached hydrogens (tertiary/aromatic N) is 2. The van der Waals surface area contributed by atoms with E-state index in [1.165, 1.54) is 32.5 Å². The number of hydrogen-bond acceptors (Lipinski definition) is 4. The Balaban J connectivity index is 2.04. The van der Waals surface area contributed by atoms with E-state index >= 15 is 0 Å². The normalized spacial score (nSPS) is 20.0. The van der Waals surface area contributed by atoms with Crippen LogP contribution in [0, 0.1) is 0 Å². The Kier molecular flexibility index (Phi) is 6.17. The van der Waals surface area contributed by atoms with Crippen LogP contribution in [0.4, 0.5) is 0 Å². The van der Waals surface area contributed by atoms with E-state index in [-0.39, 0.29) is 6.04 Å². The molecule has 4 nitrogen and oxygen atoms in total. The number of nitrogens with two attached hydrogens (primary N) is 1. The number of ether oxygens (including phenoxy) is 1. The van der Waals surface area contributed by atoms with Crippen LogP contribution in [0.1, 0.15) is 12.8 Å². The maximum absolute atomic E-state index is 5.89. The lowest BCUT2D eigenvalue weighted by Crippen LogP contribution is -2.41. The van der Waals surface area contributed by atoms with Gasteiger partial charge in [0.1, 0.15) is 0 Å². The fourth-order valence-corrected chi connectivity index (χ4v) is 2.08. The molecule has 4 heteroatoms. The zero-order valence-corrected chi connectivity index (χ0v) is 10.1. The number of likely N-dealkylation sites (tertiary alicyclic amines) is 1. The quantitative estimate of drug-likeness (QED) is 0.648. The summed E-state index contributed by atoms with van der Waals surface area (Å²) in [4.78, 5) is 4.82. The fourth-order valence-electron chi connectivity index (χ4n) is 2.08. The zero-order chi connectivity index (χ0) is 11.1. The number of likely N-dealkylation sites (N-methyl/N-ethyl adjacent to an activating group) is 1. The van der Waals surface area contributed by atoms with Gasteiger partial charge in [0, 0.05) is 32.8 Å². The molecule has 1 fully saturated rings. The predicted octanol–water partition coefficient (Wildman–Crippen LogP) is -0.0123. The van der Waals surface area contributed by atoms with Gasteiger partial charge in [0.05, 0.1) is 6.61 Å². The molecule has 1 saturated heterocycles. The van der Waals surface area contributed by atoms with Crippen LogP contribution in [-0.2, 0) is 4.74 Å². The van der Waals surface area contributed by atoms with Crippen molar-refractivity contribution in [3.8, 4) is 0 Å². The SMILES string of the molecule is COCC(N)CN(C)CCN1CCCC1. The molecule has 1 aliphatic heterocycles. The van der Waals surface area contributed by atoms with Gasteiger partial charge >= 0.3 is 0 Å². The van der Waals surface area contributed by atoms with Crippen molar-refractivity contribution in [3.05, 3.63) is 0 Å². The Labute approximate surface area is 93.4 Å². The van der Waals surface area contributed by atoms with E-state index in [0.717, 1.165) is 13.1 Å². The first-order chi connectivity index (χ1) is 7.22.